The Bertz CT molecular complexity index is 777. The molecule has 2 aromatic carbocycles. The van der Waals surface area contributed by atoms with Crippen molar-refractivity contribution in [3.8, 4) is 17.2 Å². The minimum Gasteiger partial charge on any atom is -0.493 e. The molecule has 0 aliphatic heterocycles. The van der Waals surface area contributed by atoms with Gasteiger partial charge in [-0.25, -0.2) is 0 Å². The van der Waals surface area contributed by atoms with E-state index < -0.39 is 0 Å². The van der Waals surface area contributed by atoms with Crippen molar-refractivity contribution < 1.29 is 24.2 Å². The largest absolute Gasteiger partial charge is 0.493 e. The Balaban J connectivity index is 2.30. The lowest BCUT2D eigenvalue weighted by Crippen LogP contribution is -2.17. The molecule has 0 atom stereocenters. The van der Waals surface area contributed by atoms with E-state index in [1.165, 1.54) is 21.3 Å². The highest BCUT2D eigenvalue weighted by Gasteiger charge is 2.19. The monoisotopic (exact) mass is 375 g/mol. The van der Waals surface area contributed by atoms with Crippen molar-refractivity contribution in [1.82, 2.24) is 0 Å². The van der Waals surface area contributed by atoms with Gasteiger partial charge in [-0.1, -0.05) is 5.16 Å². The second-order valence-corrected chi connectivity index (χ2v) is 6.19. The molecule has 0 saturated carbocycles. The first-order valence-electron chi connectivity index (χ1n) is 7.76. The molecule has 0 spiro atoms. The molecule has 0 amide bonds. The maximum Gasteiger partial charge on any atom is 0.210 e. The van der Waals surface area contributed by atoms with Crippen molar-refractivity contribution in [1.29, 1.82) is 0 Å². The average Bonchev–Trinajstić information content (AvgIpc) is 2.70. The van der Waals surface area contributed by atoms with Gasteiger partial charge in [0, 0.05) is 16.9 Å². The molecule has 7 heteroatoms. The topological polar surface area (TPSA) is 77.4 Å². The summed E-state index contributed by atoms with van der Waals surface area (Å²) >= 11 is 1.59. The van der Waals surface area contributed by atoms with Gasteiger partial charge >= 0.3 is 0 Å². The van der Waals surface area contributed by atoms with Crippen LogP contribution in [-0.4, -0.2) is 44.3 Å². The molecule has 0 saturated heterocycles. The van der Waals surface area contributed by atoms with E-state index >= 15 is 0 Å². The van der Waals surface area contributed by atoms with Gasteiger partial charge in [0.05, 0.1) is 21.3 Å². The number of Topliss-reactive ketones (excluding diaryl/α,β-unsaturated/α-hetero) is 1. The number of carbonyl (C=O) groups is 1. The number of carbonyl (C=O) groups excluding carboxylic acids is 1. The van der Waals surface area contributed by atoms with Crippen molar-refractivity contribution >= 4 is 23.3 Å². The predicted octanol–water partition coefficient (Wildman–Crippen LogP) is 3.69. The summed E-state index contributed by atoms with van der Waals surface area (Å²) in [4.78, 5) is 13.7. The second-order valence-electron chi connectivity index (χ2n) is 5.31. The fraction of sp³-hybridized carbons (Fsp3) is 0.263. The third-order valence-electron chi connectivity index (χ3n) is 3.83. The normalized spacial score (nSPS) is 11.2. The van der Waals surface area contributed by atoms with Crippen molar-refractivity contribution in [2.24, 2.45) is 5.16 Å². The van der Waals surface area contributed by atoms with Gasteiger partial charge in [0.15, 0.2) is 11.5 Å². The number of oxime groups is 1. The molecule has 26 heavy (non-hydrogen) atoms. The summed E-state index contributed by atoms with van der Waals surface area (Å²) in [7, 11) is 4.55. The number of methoxy groups -OCH3 is 3. The third kappa shape index (κ3) is 4.29. The molecule has 6 nitrogen and oxygen atoms in total. The average molecular weight is 375 g/mol. The molecule has 2 aromatic rings. The highest BCUT2D eigenvalue weighted by molar-refractivity contribution is 7.98. The van der Waals surface area contributed by atoms with Crippen LogP contribution in [0.25, 0.3) is 0 Å². The number of benzene rings is 2. The number of hydrogen-bond acceptors (Lipinski definition) is 7. The van der Waals surface area contributed by atoms with Crippen LogP contribution in [0, 0.1) is 0 Å². The summed E-state index contributed by atoms with van der Waals surface area (Å²) in [6, 6.07) is 10.6. The highest BCUT2D eigenvalue weighted by Crippen LogP contribution is 2.38. The molecule has 0 aliphatic rings. The Morgan fingerprint density at radius 2 is 1.62 bits per heavy atom. The first-order valence-corrected chi connectivity index (χ1v) is 8.99. The van der Waals surface area contributed by atoms with Crippen LogP contribution >= 0.6 is 11.8 Å². The second kappa shape index (κ2) is 9.15. The molecule has 0 heterocycles. The van der Waals surface area contributed by atoms with Crippen LogP contribution in [0.4, 0.5) is 0 Å². The molecule has 0 aromatic heterocycles. The van der Waals surface area contributed by atoms with E-state index in [4.69, 9.17) is 14.2 Å². The lowest BCUT2D eigenvalue weighted by Gasteiger charge is -2.14. The van der Waals surface area contributed by atoms with Gasteiger partial charge in [0.2, 0.25) is 11.5 Å². The Kier molecular flexibility index (Phi) is 6.91. The summed E-state index contributed by atoms with van der Waals surface area (Å²) < 4.78 is 15.9. The Morgan fingerprint density at radius 3 is 2.04 bits per heavy atom. The SMILES string of the molecule is COc1cc(CC(=NO)C(=O)c2ccc(SC)cc2)cc(OC)c1OC. The maximum absolute atomic E-state index is 12.6. The zero-order chi connectivity index (χ0) is 19.1. The number of ether oxygens (including phenoxy) is 3. The van der Waals surface area contributed by atoms with Crippen LogP contribution in [0.1, 0.15) is 15.9 Å². The molecule has 0 unspecified atom stereocenters. The lowest BCUT2D eigenvalue weighted by atomic mass is 10.00. The molecule has 0 aliphatic carbocycles. The smallest absolute Gasteiger partial charge is 0.210 e. The summed E-state index contributed by atoms with van der Waals surface area (Å²) in [5, 5.41) is 12.6. The van der Waals surface area contributed by atoms with Gasteiger partial charge in [-0.2, -0.15) is 0 Å². The predicted molar refractivity (Wildman–Crippen MR) is 102 cm³/mol. The first kappa shape index (κ1) is 19.7. The minimum absolute atomic E-state index is 0.0242. The van der Waals surface area contributed by atoms with Crippen LogP contribution in [0.5, 0.6) is 17.2 Å². The van der Waals surface area contributed by atoms with E-state index in [1.54, 1.807) is 36.0 Å². The summed E-state index contributed by atoms with van der Waals surface area (Å²) in [6.07, 6.45) is 2.08. The van der Waals surface area contributed by atoms with Crippen LogP contribution in [0.2, 0.25) is 0 Å². The quantitative estimate of drug-likeness (QED) is 0.249. The Morgan fingerprint density at radius 1 is 1.04 bits per heavy atom. The molecule has 2 rings (SSSR count). The first-order chi connectivity index (χ1) is 12.6. The van der Waals surface area contributed by atoms with Gasteiger partial charge < -0.3 is 19.4 Å². The maximum atomic E-state index is 12.6. The van der Waals surface area contributed by atoms with Crippen LogP contribution in [0.3, 0.4) is 0 Å². The van der Waals surface area contributed by atoms with Crippen molar-refractivity contribution in [2.45, 2.75) is 11.3 Å². The van der Waals surface area contributed by atoms with Gasteiger partial charge in [-0.3, -0.25) is 4.79 Å². The number of thioether (sulfide) groups is 1. The Hall–Kier alpha value is -2.67. The standard InChI is InChI=1S/C19H21NO5S/c1-23-16-10-12(11-17(24-2)19(16)25-3)9-15(20-22)18(21)13-5-7-14(26-4)8-6-13/h5-8,10-11,22H,9H2,1-4H3. The van der Waals surface area contributed by atoms with Gasteiger partial charge in [-0.15, -0.1) is 11.8 Å². The molecular formula is C19H21NO5S. The van der Waals surface area contributed by atoms with E-state index in [-0.39, 0.29) is 17.9 Å². The van der Waals surface area contributed by atoms with Gasteiger partial charge in [0.1, 0.15) is 5.71 Å². The van der Waals surface area contributed by atoms with Crippen molar-refractivity contribution in [2.75, 3.05) is 27.6 Å². The van der Waals surface area contributed by atoms with Gasteiger partial charge in [-0.05, 0) is 48.2 Å². The number of ketones is 1. The molecular weight excluding hydrogens is 354 g/mol. The van der Waals surface area contributed by atoms with E-state index in [0.29, 0.717) is 28.4 Å². The summed E-state index contributed by atoms with van der Waals surface area (Å²) in [5.41, 5.74) is 1.18. The number of rotatable bonds is 8. The fourth-order valence-corrected chi connectivity index (χ4v) is 2.91. The van der Waals surface area contributed by atoms with Gasteiger partial charge in [0.25, 0.3) is 0 Å². The molecule has 0 bridgehead atoms. The fourth-order valence-electron chi connectivity index (χ4n) is 2.50. The number of nitrogens with zero attached hydrogens (tertiary/aromatic N) is 1. The van der Waals surface area contributed by atoms with Crippen LogP contribution in [0.15, 0.2) is 46.4 Å². The zero-order valence-corrected chi connectivity index (χ0v) is 15.9. The highest BCUT2D eigenvalue weighted by atomic mass is 32.2. The minimum atomic E-state index is -0.339. The zero-order valence-electron chi connectivity index (χ0n) is 15.1. The van der Waals surface area contributed by atoms with Crippen molar-refractivity contribution in [3.63, 3.8) is 0 Å². The van der Waals surface area contributed by atoms with E-state index in [1.807, 2.05) is 18.4 Å². The molecule has 0 radical (unpaired) electrons. The van der Waals surface area contributed by atoms with Crippen LogP contribution in [-0.2, 0) is 6.42 Å². The van der Waals surface area contributed by atoms with E-state index in [9.17, 15) is 10.0 Å². The van der Waals surface area contributed by atoms with Crippen LogP contribution < -0.4 is 14.2 Å². The summed E-state index contributed by atoms with van der Waals surface area (Å²) in [6.45, 7) is 0. The molecule has 1 N–H and O–H groups in total. The lowest BCUT2D eigenvalue weighted by molar-refractivity contribution is 0.106. The Labute approximate surface area is 156 Å². The van der Waals surface area contributed by atoms with E-state index in [0.717, 1.165) is 4.90 Å². The molecule has 138 valence electrons. The van der Waals surface area contributed by atoms with Crippen molar-refractivity contribution in [3.05, 3.63) is 47.5 Å². The number of hydrogen-bond donors (Lipinski definition) is 1. The third-order valence-corrected chi connectivity index (χ3v) is 4.57. The van der Waals surface area contributed by atoms with E-state index in [2.05, 4.69) is 5.16 Å². The summed E-state index contributed by atoms with van der Waals surface area (Å²) in [5.74, 6) is 1.06. The molecule has 0 fully saturated rings.